The molecule has 0 heterocycles. The van der Waals surface area contributed by atoms with Crippen molar-refractivity contribution in [1.82, 2.24) is 5.32 Å². The summed E-state index contributed by atoms with van der Waals surface area (Å²) < 4.78 is 4.51. The van der Waals surface area contributed by atoms with Crippen molar-refractivity contribution >= 4 is 24.3 Å². The molecule has 1 amide bonds. The quantitative estimate of drug-likeness (QED) is 0.709. The van der Waals surface area contributed by atoms with E-state index in [2.05, 4.69) is 10.1 Å². The zero-order chi connectivity index (χ0) is 11.5. The van der Waals surface area contributed by atoms with Crippen LogP contribution in [0.4, 0.5) is 0 Å². The molecule has 5 nitrogen and oxygen atoms in total. The van der Waals surface area contributed by atoms with Crippen LogP contribution >= 0.6 is 12.4 Å². The first-order chi connectivity index (χ1) is 6.99. The lowest BCUT2D eigenvalue weighted by molar-refractivity contribution is -0.145. The summed E-state index contributed by atoms with van der Waals surface area (Å²) in [7, 11) is 1.29. The smallest absolute Gasteiger partial charge is 0.328 e. The van der Waals surface area contributed by atoms with E-state index in [4.69, 9.17) is 5.73 Å². The zero-order valence-electron chi connectivity index (χ0n) is 9.62. The van der Waals surface area contributed by atoms with E-state index < -0.39 is 17.6 Å². The highest BCUT2D eigenvalue weighted by Crippen LogP contribution is 2.27. The van der Waals surface area contributed by atoms with Crippen LogP contribution in [-0.2, 0) is 14.3 Å². The molecule has 0 aliphatic heterocycles. The molecule has 16 heavy (non-hydrogen) atoms. The molecule has 1 rings (SSSR count). The van der Waals surface area contributed by atoms with Crippen LogP contribution in [0.2, 0.25) is 0 Å². The lowest BCUT2D eigenvalue weighted by Gasteiger charge is -2.24. The maximum atomic E-state index is 11.8. The average molecular weight is 251 g/mol. The van der Waals surface area contributed by atoms with Crippen LogP contribution in [0.5, 0.6) is 0 Å². The van der Waals surface area contributed by atoms with Crippen molar-refractivity contribution < 1.29 is 14.3 Å². The lowest BCUT2D eigenvalue weighted by atomic mass is 9.98. The van der Waals surface area contributed by atoms with E-state index in [1.54, 1.807) is 6.92 Å². The van der Waals surface area contributed by atoms with E-state index in [-0.39, 0.29) is 18.3 Å². The molecule has 6 heteroatoms. The molecular weight excluding hydrogens is 232 g/mol. The third-order valence-electron chi connectivity index (χ3n) is 2.85. The van der Waals surface area contributed by atoms with Gasteiger partial charge >= 0.3 is 5.97 Å². The molecular formula is C10H19ClN2O3. The van der Waals surface area contributed by atoms with Gasteiger partial charge in [-0.1, -0.05) is 12.8 Å². The zero-order valence-corrected chi connectivity index (χ0v) is 10.4. The van der Waals surface area contributed by atoms with Gasteiger partial charge in [0.2, 0.25) is 5.91 Å². The van der Waals surface area contributed by atoms with Crippen molar-refractivity contribution in [3.8, 4) is 0 Å². The molecule has 1 aliphatic rings. The Kier molecular flexibility index (Phi) is 5.75. The van der Waals surface area contributed by atoms with Gasteiger partial charge in [-0.25, -0.2) is 4.79 Å². The fourth-order valence-electron chi connectivity index (χ4n) is 1.81. The SMILES string of the molecule is COC(=O)C(C)NC(=O)C1(N)CCCC1.Cl. The van der Waals surface area contributed by atoms with Crippen molar-refractivity contribution in [2.45, 2.75) is 44.2 Å². The molecule has 1 fully saturated rings. The highest BCUT2D eigenvalue weighted by Gasteiger charge is 2.38. The van der Waals surface area contributed by atoms with Gasteiger partial charge in [0.15, 0.2) is 0 Å². The van der Waals surface area contributed by atoms with Crippen LogP contribution in [-0.4, -0.2) is 30.6 Å². The minimum atomic E-state index is -0.789. The van der Waals surface area contributed by atoms with E-state index in [1.165, 1.54) is 7.11 Å². The van der Waals surface area contributed by atoms with E-state index in [0.29, 0.717) is 12.8 Å². The van der Waals surface area contributed by atoms with E-state index in [0.717, 1.165) is 12.8 Å². The van der Waals surface area contributed by atoms with Crippen molar-refractivity contribution in [2.75, 3.05) is 7.11 Å². The fourth-order valence-corrected chi connectivity index (χ4v) is 1.81. The second-order valence-electron chi connectivity index (χ2n) is 4.08. The Morgan fingerprint density at radius 1 is 1.38 bits per heavy atom. The molecule has 0 aromatic rings. The fraction of sp³-hybridized carbons (Fsp3) is 0.800. The molecule has 94 valence electrons. The van der Waals surface area contributed by atoms with Crippen LogP contribution in [0.15, 0.2) is 0 Å². The summed E-state index contributed by atoms with van der Waals surface area (Å²) >= 11 is 0. The van der Waals surface area contributed by atoms with Gasteiger partial charge in [-0.2, -0.15) is 0 Å². The largest absolute Gasteiger partial charge is 0.467 e. The predicted molar refractivity (Wildman–Crippen MR) is 62.3 cm³/mol. The van der Waals surface area contributed by atoms with Crippen LogP contribution in [0, 0.1) is 0 Å². The summed E-state index contributed by atoms with van der Waals surface area (Å²) in [6.45, 7) is 1.59. The molecule has 1 saturated carbocycles. The predicted octanol–water partition coefficient (Wildman–Crippen LogP) is 0.357. The Morgan fingerprint density at radius 3 is 2.31 bits per heavy atom. The van der Waals surface area contributed by atoms with Crippen LogP contribution in [0.1, 0.15) is 32.6 Å². The van der Waals surface area contributed by atoms with E-state index in [1.807, 2.05) is 0 Å². The van der Waals surface area contributed by atoms with E-state index >= 15 is 0 Å². The first kappa shape index (κ1) is 15.2. The van der Waals surface area contributed by atoms with Crippen LogP contribution < -0.4 is 11.1 Å². The number of hydrogen-bond acceptors (Lipinski definition) is 4. The number of ether oxygens (including phenoxy) is 1. The number of rotatable bonds is 3. The van der Waals surface area contributed by atoms with Gasteiger partial charge in [0.25, 0.3) is 0 Å². The molecule has 0 radical (unpaired) electrons. The molecule has 1 atom stereocenters. The normalized spacial score (nSPS) is 19.4. The summed E-state index contributed by atoms with van der Waals surface area (Å²) in [5.74, 6) is -0.706. The van der Waals surface area contributed by atoms with Gasteiger partial charge in [-0.05, 0) is 19.8 Å². The number of amides is 1. The second-order valence-corrected chi connectivity index (χ2v) is 4.08. The number of nitrogens with two attached hydrogens (primary N) is 1. The molecule has 0 spiro atoms. The van der Waals surface area contributed by atoms with Crippen LogP contribution in [0.3, 0.4) is 0 Å². The van der Waals surface area contributed by atoms with Gasteiger partial charge in [-0.15, -0.1) is 12.4 Å². The summed E-state index contributed by atoms with van der Waals surface area (Å²) in [6.07, 6.45) is 3.31. The number of halogens is 1. The first-order valence-corrected chi connectivity index (χ1v) is 5.17. The van der Waals surface area contributed by atoms with Gasteiger partial charge < -0.3 is 15.8 Å². The van der Waals surface area contributed by atoms with Crippen molar-refractivity contribution in [2.24, 2.45) is 5.73 Å². The monoisotopic (exact) mass is 250 g/mol. The molecule has 3 N–H and O–H groups in total. The maximum absolute atomic E-state index is 11.8. The van der Waals surface area contributed by atoms with Crippen LogP contribution in [0.25, 0.3) is 0 Å². The highest BCUT2D eigenvalue weighted by molar-refractivity contribution is 5.90. The topological polar surface area (TPSA) is 81.4 Å². The number of carbonyl (C=O) groups is 2. The van der Waals surface area contributed by atoms with Gasteiger partial charge in [0.1, 0.15) is 6.04 Å². The number of esters is 1. The standard InChI is InChI=1S/C10H18N2O3.ClH/c1-7(8(13)15-2)12-9(14)10(11)5-3-4-6-10;/h7H,3-6,11H2,1-2H3,(H,12,14);1H. The van der Waals surface area contributed by atoms with Gasteiger partial charge in [0, 0.05) is 0 Å². The molecule has 0 aromatic carbocycles. The minimum absolute atomic E-state index is 0. The molecule has 1 unspecified atom stereocenters. The summed E-state index contributed by atoms with van der Waals surface area (Å²) in [4.78, 5) is 22.8. The number of methoxy groups -OCH3 is 1. The minimum Gasteiger partial charge on any atom is -0.467 e. The van der Waals surface area contributed by atoms with Crippen molar-refractivity contribution in [3.05, 3.63) is 0 Å². The number of carbonyl (C=O) groups excluding carboxylic acids is 2. The Labute approximate surface area is 101 Å². The second kappa shape index (κ2) is 6.06. The average Bonchev–Trinajstić information content (AvgIpc) is 2.65. The summed E-state index contributed by atoms with van der Waals surface area (Å²) in [5, 5.41) is 2.57. The molecule has 0 saturated heterocycles. The molecule has 0 aromatic heterocycles. The van der Waals surface area contributed by atoms with Gasteiger partial charge in [-0.3, -0.25) is 4.79 Å². The Hall–Kier alpha value is -0.810. The third-order valence-corrected chi connectivity index (χ3v) is 2.85. The van der Waals surface area contributed by atoms with Gasteiger partial charge in [0.05, 0.1) is 12.6 Å². The number of hydrogen-bond donors (Lipinski definition) is 2. The number of nitrogens with one attached hydrogen (secondary N) is 1. The maximum Gasteiger partial charge on any atom is 0.328 e. The van der Waals surface area contributed by atoms with Crippen molar-refractivity contribution in [3.63, 3.8) is 0 Å². The third kappa shape index (κ3) is 3.35. The van der Waals surface area contributed by atoms with E-state index in [9.17, 15) is 9.59 Å². The van der Waals surface area contributed by atoms with Crippen molar-refractivity contribution in [1.29, 1.82) is 0 Å². The molecule has 1 aliphatic carbocycles. The highest BCUT2D eigenvalue weighted by atomic mass is 35.5. The first-order valence-electron chi connectivity index (χ1n) is 5.17. The Morgan fingerprint density at radius 2 is 1.88 bits per heavy atom. The Balaban J connectivity index is 0.00000225. The summed E-state index contributed by atoms with van der Waals surface area (Å²) in [6, 6.07) is -0.636. The summed E-state index contributed by atoms with van der Waals surface area (Å²) in [5.41, 5.74) is 5.14. The Bertz CT molecular complexity index is 265. The lowest BCUT2D eigenvalue weighted by Crippen LogP contribution is -2.55. The molecule has 0 bridgehead atoms.